The predicted molar refractivity (Wildman–Crippen MR) is 147 cm³/mol. The van der Waals surface area contributed by atoms with Gasteiger partial charge in [0.25, 0.3) is 5.91 Å². The number of anilines is 1. The van der Waals surface area contributed by atoms with Crippen LogP contribution in [0.5, 0.6) is 0 Å². The van der Waals surface area contributed by atoms with Crippen LogP contribution in [0.2, 0.25) is 0 Å². The third-order valence-electron chi connectivity index (χ3n) is 6.65. The van der Waals surface area contributed by atoms with Crippen molar-refractivity contribution in [1.29, 1.82) is 0 Å². The Labute approximate surface area is 231 Å². The van der Waals surface area contributed by atoms with Gasteiger partial charge in [-0.2, -0.15) is 0 Å². The predicted octanol–water partition coefficient (Wildman–Crippen LogP) is 3.95. The van der Waals surface area contributed by atoms with Crippen molar-refractivity contribution in [2.45, 2.75) is 32.2 Å². The maximum atomic E-state index is 14.0. The Bertz CT molecular complexity index is 1370. The lowest BCUT2D eigenvalue weighted by atomic mass is 9.90. The zero-order chi connectivity index (χ0) is 28.6. The molecule has 40 heavy (non-hydrogen) atoms. The molecule has 210 valence electrons. The lowest BCUT2D eigenvalue weighted by Crippen LogP contribution is -2.32. The molecule has 2 amide bonds. The third kappa shape index (κ3) is 7.66. The molecular formula is C29H32F2N6O3. The van der Waals surface area contributed by atoms with Gasteiger partial charge in [0, 0.05) is 45.5 Å². The van der Waals surface area contributed by atoms with Crippen LogP contribution in [0.4, 0.5) is 14.5 Å². The fourth-order valence-electron chi connectivity index (χ4n) is 4.47. The smallest absolute Gasteiger partial charge is 0.262 e. The van der Waals surface area contributed by atoms with Crippen LogP contribution < -0.4 is 5.32 Å². The highest BCUT2D eigenvalue weighted by molar-refractivity contribution is 6.11. The first-order valence-electron chi connectivity index (χ1n) is 13.0. The highest BCUT2D eigenvalue weighted by Gasteiger charge is 2.22. The molecule has 4 rings (SSSR count). The minimum Gasteiger partial charge on any atom is -0.385 e. The van der Waals surface area contributed by atoms with E-state index in [0.29, 0.717) is 23.8 Å². The van der Waals surface area contributed by atoms with Crippen LogP contribution >= 0.6 is 0 Å². The molecule has 0 spiro atoms. The Morgan fingerprint density at radius 3 is 2.50 bits per heavy atom. The highest BCUT2D eigenvalue weighted by Crippen LogP contribution is 2.29. The number of amides is 2. The van der Waals surface area contributed by atoms with Crippen molar-refractivity contribution in [2.75, 3.05) is 39.1 Å². The fraction of sp³-hybridized carbons (Fsp3) is 0.345. The quantitative estimate of drug-likeness (QED) is 0.320. The fourth-order valence-corrected chi connectivity index (χ4v) is 4.47. The van der Waals surface area contributed by atoms with Crippen molar-refractivity contribution in [3.05, 3.63) is 89.0 Å². The van der Waals surface area contributed by atoms with Crippen molar-refractivity contribution in [3.8, 4) is 0 Å². The number of pyridine rings is 2. The maximum Gasteiger partial charge on any atom is 0.262 e. The zero-order valence-corrected chi connectivity index (χ0v) is 22.7. The number of carbonyl (C=O) groups excluding carboxylic acids is 2. The van der Waals surface area contributed by atoms with E-state index in [4.69, 9.17) is 4.84 Å². The molecule has 3 heterocycles. The summed E-state index contributed by atoms with van der Waals surface area (Å²) in [6, 6.07) is 9.06. The summed E-state index contributed by atoms with van der Waals surface area (Å²) in [5.74, 6) is -2.05. The lowest BCUT2D eigenvalue weighted by Gasteiger charge is -2.32. The summed E-state index contributed by atoms with van der Waals surface area (Å²) in [5, 5.41) is 6.83. The topological polar surface area (TPSA) is 100 Å². The van der Waals surface area contributed by atoms with Gasteiger partial charge in [0.05, 0.1) is 17.6 Å². The second-order valence-electron chi connectivity index (χ2n) is 9.92. The number of benzene rings is 1. The maximum absolute atomic E-state index is 14.0. The van der Waals surface area contributed by atoms with Crippen molar-refractivity contribution in [2.24, 2.45) is 5.16 Å². The number of hydrogen-bond acceptors (Lipinski definition) is 7. The highest BCUT2D eigenvalue weighted by atomic mass is 19.2. The molecule has 1 N–H and O–H groups in total. The van der Waals surface area contributed by atoms with E-state index < -0.39 is 11.6 Å². The van der Waals surface area contributed by atoms with Crippen LogP contribution in [0.1, 0.15) is 48.1 Å². The van der Waals surface area contributed by atoms with E-state index in [1.54, 1.807) is 32.6 Å². The minimum absolute atomic E-state index is 0.122. The molecule has 0 bridgehead atoms. The van der Waals surface area contributed by atoms with E-state index in [9.17, 15) is 18.4 Å². The molecule has 1 saturated heterocycles. The summed E-state index contributed by atoms with van der Waals surface area (Å²) < 4.78 is 27.5. The number of carbonyl (C=O) groups is 2. The number of likely N-dealkylation sites (tertiary alicyclic amines) is 1. The van der Waals surface area contributed by atoms with Crippen molar-refractivity contribution in [3.63, 3.8) is 0 Å². The van der Waals surface area contributed by atoms with Crippen molar-refractivity contribution < 1.29 is 23.2 Å². The number of piperidine rings is 1. The number of likely N-dealkylation sites (N-methyl/N-ethyl adjacent to an activating group) is 1. The Balaban J connectivity index is 1.41. The van der Waals surface area contributed by atoms with Crippen LogP contribution in [0, 0.1) is 11.6 Å². The molecule has 1 aliphatic heterocycles. The Morgan fingerprint density at radius 1 is 1.07 bits per heavy atom. The molecule has 0 radical (unpaired) electrons. The third-order valence-corrected chi connectivity index (χ3v) is 6.65. The van der Waals surface area contributed by atoms with E-state index in [-0.39, 0.29) is 29.7 Å². The number of halogens is 2. The molecule has 2 aromatic heterocycles. The van der Waals surface area contributed by atoms with Gasteiger partial charge in [-0.1, -0.05) is 11.2 Å². The summed E-state index contributed by atoms with van der Waals surface area (Å²) in [6.07, 6.45) is 7.16. The van der Waals surface area contributed by atoms with Crippen LogP contribution in [-0.4, -0.2) is 71.1 Å². The molecule has 0 atom stereocenters. The van der Waals surface area contributed by atoms with Gasteiger partial charge < -0.3 is 15.1 Å². The number of oxime groups is 1. The molecule has 9 nitrogen and oxygen atoms in total. The molecule has 1 aliphatic rings. The first-order valence-corrected chi connectivity index (χ1v) is 13.0. The molecule has 0 saturated carbocycles. The van der Waals surface area contributed by atoms with Gasteiger partial charge >= 0.3 is 0 Å². The average Bonchev–Trinajstić information content (AvgIpc) is 2.93. The Morgan fingerprint density at radius 2 is 1.85 bits per heavy atom. The zero-order valence-electron chi connectivity index (χ0n) is 22.7. The standard InChI is InChI=1S/C29H32F2N6O3/c1-19(38)34-24-12-23(15-32-16-24)21-8-10-37(11-9-21)17-20-4-7-27(33-14-20)29(35-40-18-28(39)36(2)3)22-5-6-25(30)26(31)13-22/h4-7,12-16,21H,8-11,17-18H2,1-3H3,(H,34,38)/b35-29+. The number of aromatic nitrogens is 2. The molecule has 1 aromatic carbocycles. The minimum atomic E-state index is -1.02. The van der Waals surface area contributed by atoms with Gasteiger partial charge in [-0.05, 0) is 73.3 Å². The van der Waals surface area contributed by atoms with Gasteiger partial charge in [0.2, 0.25) is 5.91 Å². The summed E-state index contributed by atoms with van der Waals surface area (Å²) in [7, 11) is 3.19. The van der Waals surface area contributed by atoms with Crippen LogP contribution in [0.15, 0.2) is 60.1 Å². The summed E-state index contributed by atoms with van der Waals surface area (Å²) in [5.41, 5.74) is 3.68. The van der Waals surface area contributed by atoms with E-state index in [1.165, 1.54) is 17.9 Å². The van der Waals surface area contributed by atoms with Crippen LogP contribution in [0.25, 0.3) is 0 Å². The molecule has 0 unspecified atom stereocenters. The first kappa shape index (κ1) is 28.8. The Hall–Kier alpha value is -4.25. The molecule has 1 fully saturated rings. The van der Waals surface area contributed by atoms with Gasteiger partial charge in [0.1, 0.15) is 5.71 Å². The van der Waals surface area contributed by atoms with E-state index in [2.05, 4.69) is 25.3 Å². The number of hydrogen-bond donors (Lipinski definition) is 1. The lowest BCUT2D eigenvalue weighted by molar-refractivity contribution is -0.133. The van der Waals surface area contributed by atoms with E-state index in [1.807, 2.05) is 18.3 Å². The number of nitrogens with zero attached hydrogens (tertiary/aromatic N) is 5. The van der Waals surface area contributed by atoms with Gasteiger partial charge in [-0.25, -0.2) is 8.78 Å². The van der Waals surface area contributed by atoms with E-state index in [0.717, 1.165) is 49.2 Å². The summed E-state index contributed by atoms with van der Waals surface area (Å²) in [4.78, 5) is 41.0. The van der Waals surface area contributed by atoms with E-state index >= 15 is 0 Å². The monoisotopic (exact) mass is 550 g/mol. The SMILES string of the molecule is CC(=O)Nc1cncc(C2CCN(Cc3ccc(/C(=N/OCC(=O)N(C)C)c4ccc(F)c(F)c4)nc3)CC2)c1. The first-order chi connectivity index (χ1) is 19.2. The number of nitrogens with one attached hydrogen (secondary N) is 1. The molecule has 11 heteroatoms. The van der Waals surface area contributed by atoms with Crippen molar-refractivity contribution in [1.82, 2.24) is 19.8 Å². The normalized spacial score (nSPS) is 14.6. The summed E-state index contributed by atoms with van der Waals surface area (Å²) in [6.45, 7) is 3.67. The summed E-state index contributed by atoms with van der Waals surface area (Å²) >= 11 is 0. The van der Waals surface area contributed by atoms with Gasteiger partial charge in [-0.15, -0.1) is 0 Å². The van der Waals surface area contributed by atoms with Gasteiger partial charge in [-0.3, -0.25) is 24.5 Å². The largest absolute Gasteiger partial charge is 0.385 e. The Kier molecular flexibility index (Phi) is 9.49. The van der Waals surface area contributed by atoms with Gasteiger partial charge in [0.15, 0.2) is 18.2 Å². The molecular weight excluding hydrogens is 518 g/mol. The van der Waals surface area contributed by atoms with Crippen LogP contribution in [-0.2, 0) is 21.0 Å². The molecule has 3 aromatic rings. The van der Waals surface area contributed by atoms with Crippen LogP contribution in [0.3, 0.4) is 0 Å². The molecule has 0 aliphatic carbocycles. The number of rotatable bonds is 9. The second kappa shape index (κ2) is 13.2. The second-order valence-corrected chi connectivity index (χ2v) is 9.92. The van der Waals surface area contributed by atoms with Crippen molar-refractivity contribution >= 4 is 23.2 Å². The average molecular weight is 551 g/mol.